The number of nitrogens with zero attached hydrogens (tertiary/aromatic N) is 3. The molecule has 1 aromatic heterocycles. The summed E-state index contributed by atoms with van der Waals surface area (Å²) in [5, 5.41) is 8.66. The van der Waals surface area contributed by atoms with Gasteiger partial charge in [0, 0.05) is 37.1 Å². The third-order valence-corrected chi connectivity index (χ3v) is 2.77. The molecule has 1 atom stereocenters. The van der Waals surface area contributed by atoms with Crippen LogP contribution in [0, 0.1) is 0 Å². The molecule has 0 radical (unpaired) electrons. The van der Waals surface area contributed by atoms with Gasteiger partial charge in [0.25, 0.3) is 0 Å². The summed E-state index contributed by atoms with van der Waals surface area (Å²) in [7, 11) is 0. The lowest BCUT2D eigenvalue weighted by Gasteiger charge is -2.26. The van der Waals surface area contributed by atoms with Crippen LogP contribution >= 0.6 is 0 Å². The molecule has 0 spiro atoms. The zero-order chi connectivity index (χ0) is 13.0. The summed E-state index contributed by atoms with van der Waals surface area (Å²) in [6, 6.07) is -0.568. The second-order valence-corrected chi connectivity index (χ2v) is 4.12. The Hall–Kier alpha value is -1.73. The smallest absolute Gasteiger partial charge is 0.305 e. The van der Waals surface area contributed by atoms with Crippen molar-refractivity contribution in [3.05, 3.63) is 18.0 Å². The Labute approximate surface area is 105 Å². The van der Waals surface area contributed by atoms with Crippen LogP contribution in [0.3, 0.4) is 0 Å². The van der Waals surface area contributed by atoms with Gasteiger partial charge in [-0.1, -0.05) is 0 Å². The number of morpholine rings is 1. The number of rotatable bonds is 4. The number of hydrogen-bond acceptors (Lipinski definition) is 6. The molecule has 1 aromatic rings. The van der Waals surface area contributed by atoms with E-state index in [1.807, 2.05) is 4.90 Å². The minimum Gasteiger partial charge on any atom is -0.481 e. The number of carboxylic acids is 1. The largest absolute Gasteiger partial charge is 0.481 e. The summed E-state index contributed by atoms with van der Waals surface area (Å²) in [5.74, 6) is -0.302. The van der Waals surface area contributed by atoms with E-state index >= 15 is 0 Å². The Morgan fingerprint density at radius 1 is 1.44 bits per heavy atom. The summed E-state index contributed by atoms with van der Waals surface area (Å²) in [6.45, 7) is 2.87. The predicted molar refractivity (Wildman–Crippen MR) is 64.2 cm³/mol. The molecule has 0 aliphatic carbocycles. The first kappa shape index (κ1) is 12.7. The van der Waals surface area contributed by atoms with E-state index in [4.69, 9.17) is 15.6 Å². The first-order chi connectivity index (χ1) is 8.66. The molecular formula is C11H16N4O3. The van der Waals surface area contributed by atoms with Crippen molar-refractivity contribution in [1.82, 2.24) is 9.97 Å². The number of aromatic nitrogens is 2. The molecule has 7 heteroatoms. The lowest BCUT2D eigenvalue weighted by Crippen LogP contribution is -2.37. The summed E-state index contributed by atoms with van der Waals surface area (Å²) in [4.78, 5) is 21.0. The highest BCUT2D eigenvalue weighted by Crippen LogP contribution is 2.15. The van der Waals surface area contributed by atoms with Gasteiger partial charge in [0.15, 0.2) is 0 Å². The van der Waals surface area contributed by atoms with Gasteiger partial charge in [-0.05, 0) is 0 Å². The molecule has 1 fully saturated rings. The highest BCUT2D eigenvalue weighted by Gasteiger charge is 2.15. The van der Waals surface area contributed by atoms with Gasteiger partial charge >= 0.3 is 5.97 Å². The molecule has 1 aliphatic heterocycles. The molecule has 1 saturated heterocycles. The molecule has 98 valence electrons. The van der Waals surface area contributed by atoms with Crippen molar-refractivity contribution in [3.8, 4) is 0 Å². The maximum Gasteiger partial charge on any atom is 0.305 e. The average molecular weight is 252 g/mol. The van der Waals surface area contributed by atoms with E-state index in [0.717, 1.165) is 13.1 Å². The highest BCUT2D eigenvalue weighted by molar-refractivity contribution is 5.67. The first-order valence-corrected chi connectivity index (χ1v) is 5.79. The normalized spacial score (nSPS) is 17.5. The van der Waals surface area contributed by atoms with Crippen molar-refractivity contribution in [2.45, 2.75) is 12.5 Å². The Morgan fingerprint density at radius 2 is 2.06 bits per heavy atom. The summed E-state index contributed by atoms with van der Waals surface area (Å²) >= 11 is 0. The quantitative estimate of drug-likeness (QED) is 0.764. The molecule has 2 rings (SSSR count). The van der Waals surface area contributed by atoms with Crippen molar-refractivity contribution in [3.63, 3.8) is 0 Å². The van der Waals surface area contributed by atoms with Gasteiger partial charge in [-0.15, -0.1) is 0 Å². The second-order valence-electron chi connectivity index (χ2n) is 4.12. The Kier molecular flexibility index (Phi) is 4.06. The fourth-order valence-corrected chi connectivity index (χ4v) is 1.76. The number of nitrogens with two attached hydrogens (primary N) is 1. The monoisotopic (exact) mass is 252 g/mol. The number of ether oxygens (including phenoxy) is 1. The topological polar surface area (TPSA) is 102 Å². The van der Waals surface area contributed by atoms with Crippen LogP contribution in [0.5, 0.6) is 0 Å². The zero-order valence-electron chi connectivity index (χ0n) is 9.95. The molecule has 3 N–H and O–H groups in total. The Bertz CT molecular complexity index is 403. The molecule has 0 unspecified atom stereocenters. The van der Waals surface area contributed by atoms with Crippen LogP contribution in [0.15, 0.2) is 12.4 Å². The summed E-state index contributed by atoms with van der Waals surface area (Å²) < 4.78 is 5.24. The minimum atomic E-state index is -0.931. The van der Waals surface area contributed by atoms with Gasteiger partial charge in [0.2, 0.25) is 5.95 Å². The maximum atomic E-state index is 10.6. The van der Waals surface area contributed by atoms with Crippen LogP contribution < -0.4 is 10.6 Å². The van der Waals surface area contributed by atoms with E-state index in [2.05, 4.69) is 9.97 Å². The van der Waals surface area contributed by atoms with E-state index in [-0.39, 0.29) is 6.42 Å². The Balaban J connectivity index is 2.02. The molecule has 0 amide bonds. The number of hydrogen-bond donors (Lipinski definition) is 2. The number of carboxylic acid groups (broad SMARTS) is 1. The molecule has 0 bridgehead atoms. The van der Waals surface area contributed by atoms with Crippen molar-refractivity contribution in [2.75, 3.05) is 31.2 Å². The molecule has 0 aromatic carbocycles. The standard InChI is InChI=1S/C11H16N4O3/c12-9(5-10(16)17)8-6-13-11(14-7-8)15-1-3-18-4-2-15/h6-7,9H,1-5,12H2,(H,16,17)/t9-/m0/s1. The number of carbonyl (C=O) groups is 1. The van der Waals surface area contributed by atoms with Crippen molar-refractivity contribution in [2.24, 2.45) is 5.73 Å². The molecule has 0 saturated carbocycles. The fourth-order valence-electron chi connectivity index (χ4n) is 1.76. The molecule has 18 heavy (non-hydrogen) atoms. The van der Waals surface area contributed by atoms with Gasteiger partial charge in [0.05, 0.1) is 19.6 Å². The van der Waals surface area contributed by atoms with Crippen LogP contribution in [-0.2, 0) is 9.53 Å². The molecule has 2 heterocycles. The van der Waals surface area contributed by atoms with E-state index < -0.39 is 12.0 Å². The van der Waals surface area contributed by atoms with Crippen molar-refractivity contribution < 1.29 is 14.6 Å². The molecule has 7 nitrogen and oxygen atoms in total. The lowest BCUT2D eigenvalue weighted by molar-refractivity contribution is -0.137. The Morgan fingerprint density at radius 3 is 2.61 bits per heavy atom. The van der Waals surface area contributed by atoms with Gasteiger partial charge < -0.3 is 20.5 Å². The SMILES string of the molecule is N[C@@H](CC(=O)O)c1cnc(N2CCOCC2)nc1. The maximum absolute atomic E-state index is 10.6. The summed E-state index contributed by atoms with van der Waals surface area (Å²) in [5.41, 5.74) is 6.36. The second kappa shape index (κ2) is 5.74. The fraction of sp³-hybridized carbons (Fsp3) is 0.545. The molecule has 1 aliphatic rings. The van der Waals surface area contributed by atoms with Gasteiger partial charge in [-0.25, -0.2) is 9.97 Å². The lowest BCUT2D eigenvalue weighted by atomic mass is 10.1. The predicted octanol–water partition coefficient (Wildman–Crippen LogP) is -0.212. The first-order valence-electron chi connectivity index (χ1n) is 5.79. The van der Waals surface area contributed by atoms with Crippen molar-refractivity contribution in [1.29, 1.82) is 0 Å². The third kappa shape index (κ3) is 3.14. The van der Waals surface area contributed by atoms with Crippen LogP contribution in [0.1, 0.15) is 18.0 Å². The van der Waals surface area contributed by atoms with Crippen LogP contribution in [0.4, 0.5) is 5.95 Å². The van der Waals surface area contributed by atoms with Gasteiger partial charge in [0.1, 0.15) is 0 Å². The van der Waals surface area contributed by atoms with Gasteiger partial charge in [-0.2, -0.15) is 0 Å². The highest BCUT2D eigenvalue weighted by atomic mass is 16.5. The minimum absolute atomic E-state index is 0.125. The van der Waals surface area contributed by atoms with E-state index in [1.54, 1.807) is 12.4 Å². The van der Waals surface area contributed by atoms with Crippen LogP contribution in [-0.4, -0.2) is 47.3 Å². The van der Waals surface area contributed by atoms with Gasteiger partial charge in [-0.3, -0.25) is 4.79 Å². The molecular weight excluding hydrogens is 236 g/mol. The average Bonchev–Trinajstić information content (AvgIpc) is 2.39. The summed E-state index contributed by atoms with van der Waals surface area (Å²) in [6.07, 6.45) is 3.05. The van der Waals surface area contributed by atoms with Crippen molar-refractivity contribution >= 4 is 11.9 Å². The number of aliphatic carboxylic acids is 1. The van der Waals surface area contributed by atoms with E-state index in [0.29, 0.717) is 24.7 Å². The van der Waals surface area contributed by atoms with E-state index in [9.17, 15) is 4.79 Å². The van der Waals surface area contributed by atoms with Crippen LogP contribution in [0.25, 0.3) is 0 Å². The zero-order valence-corrected chi connectivity index (χ0v) is 9.95. The number of anilines is 1. The van der Waals surface area contributed by atoms with E-state index in [1.165, 1.54) is 0 Å². The van der Waals surface area contributed by atoms with Crippen LogP contribution in [0.2, 0.25) is 0 Å². The third-order valence-electron chi connectivity index (χ3n) is 2.77.